The van der Waals surface area contributed by atoms with Gasteiger partial charge in [0.25, 0.3) is 0 Å². The van der Waals surface area contributed by atoms with Gasteiger partial charge in [-0.1, -0.05) is 38.1 Å². The summed E-state index contributed by atoms with van der Waals surface area (Å²) in [6, 6.07) is 9.90. The minimum atomic E-state index is 0.405. The summed E-state index contributed by atoms with van der Waals surface area (Å²) >= 11 is 0. The molecular formula is C14H14N2O. The highest BCUT2D eigenvalue weighted by Crippen LogP contribution is 2.20. The van der Waals surface area contributed by atoms with Gasteiger partial charge in [-0.05, 0) is 17.5 Å². The van der Waals surface area contributed by atoms with E-state index in [4.69, 9.17) is 0 Å². The lowest BCUT2D eigenvalue weighted by atomic mass is 10.0. The van der Waals surface area contributed by atoms with Gasteiger partial charge in [-0.3, -0.25) is 4.79 Å². The number of carbonyl (C=O) groups excluding carboxylic acids is 1. The van der Waals surface area contributed by atoms with Crippen LogP contribution in [0.3, 0.4) is 0 Å². The zero-order valence-electron chi connectivity index (χ0n) is 9.92. The Morgan fingerprint density at radius 1 is 1.12 bits per heavy atom. The Bertz CT molecular complexity index is 518. The zero-order valence-corrected chi connectivity index (χ0v) is 9.92. The van der Waals surface area contributed by atoms with E-state index < -0.39 is 0 Å². The van der Waals surface area contributed by atoms with Crippen molar-refractivity contribution in [1.29, 1.82) is 0 Å². The second-order valence-corrected chi connectivity index (χ2v) is 4.22. The Morgan fingerprint density at radius 2 is 1.82 bits per heavy atom. The van der Waals surface area contributed by atoms with Gasteiger partial charge in [-0.15, -0.1) is 0 Å². The molecule has 0 aliphatic carbocycles. The van der Waals surface area contributed by atoms with Crippen LogP contribution in [0.5, 0.6) is 0 Å². The summed E-state index contributed by atoms with van der Waals surface area (Å²) < 4.78 is 0. The van der Waals surface area contributed by atoms with Crippen LogP contribution in [-0.4, -0.2) is 16.3 Å². The van der Waals surface area contributed by atoms with Crippen LogP contribution < -0.4 is 0 Å². The molecule has 0 saturated carbocycles. The monoisotopic (exact) mass is 226 g/mol. The van der Waals surface area contributed by atoms with Gasteiger partial charge >= 0.3 is 0 Å². The molecule has 3 heteroatoms. The number of benzene rings is 1. The van der Waals surface area contributed by atoms with Crippen molar-refractivity contribution in [2.45, 2.75) is 19.8 Å². The summed E-state index contributed by atoms with van der Waals surface area (Å²) in [5, 5.41) is 0. The number of nitrogens with zero attached hydrogens (tertiary/aromatic N) is 2. The van der Waals surface area contributed by atoms with Crippen LogP contribution in [0.25, 0.3) is 11.3 Å². The molecule has 0 aliphatic rings. The molecule has 0 aliphatic heterocycles. The van der Waals surface area contributed by atoms with Gasteiger partial charge < -0.3 is 0 Å². The van der Waals surface area contributed by atoms with Gasteiger partial charge in [0.15, 0.2) is 6.29 Å². The predicted octanol–water partition coefficient (Wildman–Crippen LogP) is 3.08. The maximum absolute atomic E-state index is 10.6. The highest BCUT2D eigenvalue weighted by atomic mass is 16.1. The van der Waals surface area contributed by atoms with Crippen LogP contribution in [0.1, 0.15) is 35.8 Å². The predicted molar refractivity (Wildman–Crippen MR) is 66.9 cm³/mol. The normalized spacial score (nSPS) is 10.5. The first kappa shape index (κ1) is 11.5. The topological polar surface area (TPSA) is 42.9 Å². The summed E-state index contributed by atoms with van der Waals surface area (Å²) in [5.41, 5.74) is 3.47. The van der Waals surface area contributed by atoms with E-state index in [1.165, 1.54) is 11.9 Å². The number of aromatic nitrogens is 2. The van der Waals surface area contributed by atoms with E-state index in [0.29, 0.717) is 11.6 Å². The lowest BCUT2D eigenvalue weighted by Crippen LogP contribution is -1.92. The van der Waals surface area contributed by atoms with Crippen LogP contribution in [0.4, 0.5) is 0 Å². The Morgan fingerprint density at radius 3 is 2.41 bits per heavy atom. The molecule has 1 heterocycles. The molecule has 1 aromatic carbocycles. The van der Waals surface area contributed by atoms with Crippen LogP contribution in [0.15, 0.2) is 36.7 Å². The smallest absolute Gasteiger partial charge is 0.168 e. The van der Waals surface area contributed by atoms with Gasteiger partial charge in [-0.2, -0.15) is 0 Å². The highest BCUT2D eigenvalue weighted by Gasteiger charge is 2.03. The second kappa shape index (κ2) is 4.87. The third kappa shape index (κ3) is 2.56. The molecule has 86 valence electrons. The van der Waals surface area contributed by atoms with Crippen LogP contribution >= 0.6 is 0 Å². The average Bonchev–Trinajstić information content (AvgIpc) is 2.39. The molecule has 0 atom stereocenters. The lowest BCUT2D eigenvalue weighted by Gasteiger charge is -2.06. The van der Waals surface area contributed by atoms with Gasteiger partial charge in [-0.25, -0.2) is 9.97 Å². The molecule has 2 rings (SSSR count). The Hall–Kier alpha value is -2.03. The molecule has 1 aromatic heterocycles. The van der Waals surface area contributed by atoms with Crippen molar-refractivity contribution in [2.75, 3.05) is 0 Å². The van der Waals surface area contributed by atoms with Gasteiger partial charge in [0.2, 0.25) is 0 Å². The maximum Gasteiger partial charge on any atom is 0.168 e. The summed E-state index contributed by atoms with van der Waals surface area (Å²) in [6.07, 6.45) is 2.14. The van der Waals surface area contributed by atoms with Gasteiger partial charge in [0.1, 0.15) is 12.0 Å². The van der Waals surface area contributed by atoms with Crippen molar-refractivity contribution < 1.29 is 4.79 Å². The highest BCUT2D eigenvalue weighted by molar-refractivity contribution is 5.74. The van der Waals surface area contributed by atoms with E-state index in [2.05, 4.69) is 35.9 Å². The maximum atomic E-state index is 10.6. The number of rotatable bonds is 3. The number of hydrogen-bond donors (Lipinski definition) is 0. The van der Waals surface area contributed by atoms with Crippen LogP contribution in [-0.2, 0) is 0 Å². The minimum absolute atomic E-state index is 0.405. The van der Waals surface area contributed by atoms with Crippen molar-refractivity contribution in [3.05, 3.63) is 47.9 Å². The first-order valence-electron chi connectivity index (χ1n) is 5.58. The standard InChI is InChI=1S/C14H14N2O/c1-10(2)11-3-5-12(6-4-11)14-7-13(8-17)15-9-16-14/h3-10H,1-2H3. The first-order chi connectivity index (χ1) is 8.20. The summed E-state index contributed by atoms with van der Waals surface area (Å²) in [6.45, 7) is 4.31. The Balaban J connectivity index is 2.36. The van der Waals surface area contributed by atoms with E-state index >= 15 is 0 Å². The minimum Gasteiger partial charge on any atom is -0.296 e. The van der Waals surface area contributed by atoms with Crippen molar-refractivity contribution >= 4 is 6.29 Å². The zero-order chi connectivity index (χ0) is 12.3. The van der Waals surface area contributed by atoms with Crippen LogP contribution in [0.2, 0.25) is 0 Å². The average molecular weight is 226 g/mol. The van der Waals surface area contributed by atoms with E-state index in [1.54, 1.807) is 6.07 Å². The molecule has 0 bridgehead atoms. The van der Waals surface area contributed by atoms with Gasteiger partial charge in [0, 0.05) is 5.56 Å². The molecule has 0 spiro atoms. The molecule has 0 amide bonds. The quantitative estimate of drug-likeness (QED) is 0.755. The van der Waals surface area contributed by atoms with E-state index in [0.717, 1.165) is 17.5 Å². The third-order valence-electron chi connectivity index (χ3n) is 2.68. The van der Waals surface area contributed by atoms with Crippen molar-refractivity contribution in [3.8, 4) is 11.3 Å². The molecule has 3 nitrogen and oxygen atoms in total. The van der Waals surface area contributed by atoms with Gasteiger partial charge in [0.05, 0.1) is 5.69 Å². The third-order valence-corrected chi connectivity index (χ3v) is 2.68. The molecule has 0 N–H and O–H groups in total. The van der Waals surface area contributed by atoms with Crippen LogP contribution in [0, 0.1) is 0 Å². The summed E-state index contributed by atoms with van der Waals surface area (Å²) in [7, 11) is 0. The Kier molecular flexibility index (Phi) is 3.28. The molecular weight excluding hydrogens is 212 g/mol. The lowest BCUT2D eigenvalue weighted by molar-refractivity contribution is 0.111. The summed E-state index contributed by atoms with van der Waals surface area (Å²) in [5.74, 6) is 0.514. The number of hydrogen-bond acceptors (Lipinski definition) is 3. The fourth-order valence-electron chi connectivity index (χ4n) is 1.63. The molecule has 0 unspecified atom stereocenters. The number of carbonyl (C=O) groups is 1. The van der Waals surface area contributed by atoms with E-state index in [9.17, 15) is 4.79 Å². The van der Waals surface area contributed by atoms with Crippen molar-refractivity contribution in [2.24, 2.45) is 0 Å². The van der Waals surface area contributed by atoms with E-state index in [-0.39, 0.29) is 0 Å². The molecule has 2 aromatic rings. The largest absolute Gasteiger partial charge is 0.296 e. The molecule has 17 heavy (non-hydrogen) atoms. The van der Waals surface area contributed by atoms with E-state index in [1.807, 2.05) is 12.1 Å². The summed E-state index contributed by atoms with van der Waals surface area (Å²) in [4.78, 5) is 18.7. The van der Waals surface area contributed by atoms with Crippen molar-refractivity contribution in [1.82, 2.24) is 9.97 Å². The number of aldehydes is 1. The fourth-order valence-corrected chi connectivity index (χ4v) is 1.63. The molecule has 0 fully saturated rings. The molecule has 0 saturated heterocycles. The fraction of sp³-hybridized carbons (Fsp3) is 0.214. The SMILES string of the molecule is CC(C)c1ccc(-c2cc(C=O)ncn2)cc1. The van der Waals surface area contributed by atoms with Crippen molar-refractivity contribution in [3.63, 3.8) is 0 Å². The molecule has 0 radical (unpaired) electrons. The second-order valence-electron chi connectivity index (χ2n) is 4.22. The Labute approximate surface area is 101 Å². The first-order valence-corrected chi connectivity index (χ1v) is 5.58.